The van der Waals surface area contributed by atoms with E-state index in [9.17, 15) is 4.79 Å². The van der Waals surface area contributed by atoms with Crippen LogP contribution in [0.1, 0.15) is 77.0 Å². The molecule has 9 heteroatoms. The predicted octanol–water partition coefficient (Wildman–Crippen LogP) is 5.96. The van der Waals surface area contributed by atoms with Crippen molar-refractivity contribution in [3.05, 3.63) is 65.7 Å². The summed E-state index contributed by atoms with van der Waals surface area (Å²) >= 11 is 0. The summed E-state index contributed by atoms with van der Waals surface area (Å²) in [7, 11) is 2.50. The number of carbonyl (C=O) groups is 1. The third-order valence-electron chi connectivity index (χ3n) is 4.98. The van der Waals surface area contributed by atoms with Crippen LogP contribution < -0.4 is 0 Å². The molecule has 2 aliphatic heterocycles. The first-order valence-corrected chi connectivity index (χ1v) is 10.4. The molecule has 2 aliphatic rings. The Balaban J connectivity index is 0.000000528. The van der Waals surface area contributed by atoms with E-state index in [4.69, 9.17) is 22.8 Å². The van der Waals surface area contributed by atoms with E-state index in [-0.39, 0.29) is 43.6 Å². The number of cyclic esters (lactones) is 1. The Bertz CT molecular complexity index is 958. The number of rotatable bonds is 0. The molecule has 2 aromatic heterocycles. The Kier molecular flexibility index (Phi) is 11.9. The van der Waals surface area contributed by atoms with Crippen LogP contribution in [0.4, 0.5) is 0 Å². The minimum absolute atomic E-state index is 0. The number of fused-ring (bicyclic) bond motifs is 2. The summed E-state index contributed by atoms with van der Waals surface area (Å²) in [6, 6.07) is 6.63. The van der Waals surface area contributed by atoms with Crippen LogP contribution in [-0.2, 0) is 9.47 Å². The molecular weight excluding hydrogens is 414 g/mol. The molecular formula is C24H36B2N4O3. The third-order valence-corrected chi connectivity index (χ3v) is 4.98. The van der Waals surface area contributed by atoms with Crippen molar-refractivity contribution in [3.8, 4) is 0 Å². The van der Waals surface area contributed by atoms with Crippen molar-refractivity contribution in [2.45, 2.75) is 72.8 Å². The zero-order valence-electron chi connectivity index (χ0n) is 21.6. The maximum atomic E-state index is 11.4. The van der Waals surface area contributed by atoms with Crippen LogP contribution in [0.5, 0.6) is 0 Å². The number of aromatic nitrogens is 2. The Labute approximate surface area is 202 Å². The average molecular weight is 452 g/mol. The molecule has 2 aromatic rings. The first-order valence-electron chi connectivity index (χ1n) is 11.4. The molecule has 4 atom stereocenters. The smallest absolute Gasteiger partial charge is 0.340 e. The van der Waals surface area contributed by atoms with Crippen LogP contribution in [0.15, 0.2) is 43.2 Å². The van der Waals surface area contributed by atoms with Gasteiger partial charge < -0.3 is 9.47 Å². The van der Waals surface area contributed by atoms with E-state index in [1.54, 1.807) is 25.8 Å². The number of ether oxygens (including phenoxy) is 2. The standard InChI is InChI=1S/C11H13NO.C10H11NO2.2CH4BN.CH4/c1-7-8(2)13-9(3)10-5-4-6-12-11(7)10;1-6-7(2)13-10(12)8-4-3-5-11-9(6)8;2*1-2-3;/h4-8H,3H2,1-2H3;3-7H,1-2H3;2*3H,1H3;1H4/t7-,8+;6-,7+;;;/m00.../s1/i6D;5D;;;. The van der Waals surface area contributed by atoms with Crippen molar-refractivity contribution in [2.24, 2.45) is 0 Å². The fourth-order valence-electron chi connectivity index (χ4n) is 3.02. The van der Waals surface area contributed by atoms with Crippen molar-refractivity contribution in [1.82, 2.24) is 9.97 Å². The summed E-state index contributed by atoms with van der Waals surface area (Å²) in [4.78, 5) is 19.7. The quantitative estimate of drug-likeness (QED) is 0.379. The molecule has 0 saturated heterocycles. The van der Waals surface area contributed by atoms with Gasteiger partial charge in [-0.2, -0.15) is 0 Å². The monoisotopic (exact) mass is 452 g/mol. The van der Waals surface area contributed by atoms with Gasteiger partial charge in [0, 0.05) is 29.7 Å². The van der Waals surface area contributed by atoms with Gasteiger partial charge in [0.1, 0.15) is 18.0 Å². The molecule has 7 nitrogen and oxygen atoms in total. The van der Waals surface area contributed by atoms with Crippen molar-refractivity contribution >= 4 is 25.9 Å². The fraction of sp³-hybridized carbons (Fsp3) is 0.458. The Morgan fingerprint density at radius 1 is 0.909 bits per heavy atom. The van der Waals surface area contributed by atoms with Crippen molar-refractivity contribution in [3.63, 3.8) is 0 Å². The molecule has 0 aliphatic carbocycles. The van der Waals surface area contributed by atoms with Crippen molar-refractivity contribution in [1.29, 1.82) is 10.6 Å². The zero-order valence-corrected chi connectivity index (χ0v) is 19.6. The van der Waals surface area contributed by atoms with Crippen molar-refractivity contribution < 1.29 is 17.0 Å². The Hall–Kier alpha value is -2.96. The first-order chi connectivity index (χ1) is 16.0. The molecule has 0 spiro atoms. The largest absolute Gasteiger partial charge is 0.490 e. The SMILES string of the molecule is C.CB=N.CB=N.[2H]c1ccc2c(n1)[C@@H](C)[C@@H](C)OC2=C.[2H]c1ccc2c(n1)[C@@H](C)[C@@H](C)OC2=O. The van der Waals surface area contributed by atoms with Gasteiger partial charge in [0.15, 0.2) is 0 Å². The van der Waals surface area contributed by atoms with Crippen LogP contribution in [0, 0.1) is 10.6 Å². The Morgan fingerprint density at radius 3 is 1.79 bits per heavy atom. The van der Waals surface area contributed by atoms with Crippen LogP contribution >= 0.6 is 0 Å². The number of nitrogens with one attached hydrogen (secondary N) is 2. The topological polar surface area (TPSA) is 109 Å². The van der Waals surface area contributed by atoms with Crippen LogP contribution in [0.3, 0.4) is 0 Å². The second kappa shape index (κ2) is 15.0. The normalized spacial score (nSPS) is 22.2. The molecule has 0 radical (unpaired) electrons. The number of hydrogen-bond acceptors (Lipinski definition) is 7. The maximum absolute atomic E-state index is 11.4. The zero-order chi connectivity index (χ0) is 26.0. The van der Waals surface area contributed by atoms with E-state index in [1.165, 1.54) is 20.2 Å². The first kappa shape index (κ1) is 26.3. The molecule has 4 heterocycles. The third kappa shape index (κ3) is 8.15. The predicted molar refractivity (Wildman–Crippen MR) is 135 cm³/mol. The second-order valence-corrected chi connectivity index (χ2v) is 7.26. The summed E-state index contributed by atoms with van der Waals surface area (Å²) in [5.41, 5.74) is 3.04. The van der Waals surface area contributed by atoms with Crippen LogP contribution in [0.2, 0.25) is 13.6 Å². The summed E-state index contributed by atoms with van der Waals surface area (Å²) < 4.78 is 25.6. The van der Waals surface area contributed by atoms with Gasteiger partial charge in [-0.15, -0.1) is 0 Å². The summed E-state index contributed by atoms with van der Waals surface area (Å²) in [5.74, 6) is 0.616. The molecule has 0 fully saturated rings. The van der Waals surface area contributed by atoms with Gasteiger partial charge in [0.25, 0.3) is 0 Å². The molecule has 0 saturated carbocycles. The van der Waals surface area contributed by atoms with Crippen LogP contribution in [-0.4, -0.2) is 42.3 Å². The van der Waals surface area contributed by atoms with E-state index in [2.05, 4.69) is 23.5 Å². The average Bonchev–Trinajstić information content (AvgIpc) is 2.77. The van der Waals surface area contributed by atoms with Crippen molar-refractivity contribution in [2.75, 3.05) is 0 Å². The van der Waals surface area contributed by atoms with Gasteiger partial charge in [-0.3, -0.25) is 9.97 Å². The number of nitrogens with zero attached hydrogens (tertiary/aromatic N) is 2. The van der Waals surface area contributed by atoms with E-state index in [1.807, 2.05) is 26.8 Å². The summed E-state index contributed by atoms with van der Waals surface area (Å²) in [5, 5.41) is 12.2. The van der Waals surface area contributed by atoms with E-state index < -0.39 is 0 Å². The summed E-state index contributed by atoms with van der Waals surface area (Å²) in [6.45, 7) is 15.0. The van der Waals surface area contributed by atoms with Gasteiger partial charge in [-0.25, -0.2) is 4.79 Å². The number of esters is 1. The molecule has 0 unspecified atom stereocenters. The van der Waals surface area contributed by atoms with Crippen LogP contribution in [0.25, 0.3) is 5.76 Å². The fourth-order valence-corrected chi connectivity index (χ4v) is 3.02. The molecule has 33 heavy (non-hydrogen) atoms. The second-order valence-electron chi connectivity index (χ2n) is 7.26. The van der Waals surface area contributed by atoms with E-state index in [0.29, 0.717) is 23.2 Å². The molecule has 0 bridgehead atoms. The Morgan fingerprint density at radius 2 is 1.30 bits per heavy atom. The van der Waals surface area contributed by atoms with Gasteiger partial charge >= 0.3 is 44.4 Å². The molecule has 0 amide bonds. The molecule has 4 rings (SSSR count). The van der Waals surface area contributed by atoms with E-state index in [0.717, 1.165) is 11.3 Å². The van der Waals surface area contributed by atoms with Gasteiger partial charge in [0.2, 0.25) is 0 Å². The number of carbonyl (C=O) groups excluding carboxylic acids is 1. The number of hydrogen-bond donors (Lipinski definition) is 2. The molecule has 176 valence electrons. The van der Waals surface area contributed by atoms with E-state index >= 15 is 0 Å². The van der Waals surface area contributed by atoms with Gasteiger partial charge in [0.05, 0.1) is 19.7 Å². The summed E-state index contributed by atoms with van der Waals surface area (Å²) in [6.07, 6.45) is 0.420. The molecule has 2 N–H and O–H groups in total. The maximum Gasteiger partial charge on any atom is 0.340 e. The minimum Gasteiger partial charge on any atom is -0.490 e. The van der Waals surface area contributed by atoms with Gasteiger partial charge in [-0.05, 0) is 38.1 Å². The molecule has 0 aromatic carbocycles. The number of pyridine rings is 2. The van der Waals surface area contributed by atoms with Gasteiger partial charge in [-0.1, -0.05) is 27.9 Å². The minimum atomic E-state index is -0.335.